The molecule has 2 aromatic rings. The van der Waals surface area contributed by atoms with Crippen LogP contribution in [0.5, 0.6) is 0 Å². The van der Waals surface area contributed by atoms with Crippen LogP contribution in [0.15, 0.2) is 36.7 Å². The molecule has 4 nitrogen and oxygen atoms in total. The molecule has 1 heterocycles. The summed E-state index contributed by atoms with van der Waals surface area (Å²) in [7, 11) is 0. The van der Waals surface area contributed by atoms with Gasteiger partial charge in [-0.25, -0.2) is 9.78 Å². The maximum Gasteiger partial charge on any atom is 0.358 e. The molecule has 1 aromatic carbocycles. The van der Waals surface area contributed by atoms with Crippen molar-refractivity contribution in [1.29, 1.82) is 0 Å². The fourth-order valence-corrected chi connectivity index (χ4v) is 1.52. The molecule has 0 aliphatic carbocycles. The van der Waals surface area contributed by atoms with E-state index < -0.39 is 5.97 Å². The molecule has 0 atom stereocenters. The van der Waals surface area contributed by atoms with Crippen molar-refractivity contribution in [1.82, 2.24) is 9.97 Å². The van der Waals surface area contributed by atoms with E-state index in [-0.39, 0.29) is 17.5 Å². The first-order valence-corrected chi connectivity index (χ1v) is 5.80. The van der Waals surface area contributed by atoms with E-state index in [0.29, 0.717) is 5.02 Å². The predicted molar refractivity (Wildman–Crippen MR) is 67.6 cm³/mol. The van der Waals surface area contributed by atoms with E-state index in [2.05, 4.69) is 9.97 Å². The zero-order valence-corrected chi connectivity index (χ0v) is 10.6. The Morgan fingerprint density at radius 2 is 1.89 bits per heavy atom. The number of hydrogen-bond donors (Lipinski definition) is 0. The summed E-state index contributed by atoms with van der Waals surface area (Å²) in [6.07, 6.45) is 2.65. The van der Waals surface area contributed by atoms with Crippen LogP contribution in [0.3, 0.4) is 0 Å². The van der Waals surface area contributed by atoms with Crippen LogP contribution in [0.1, 0.15) is 16.1 Å². The van der Waals surface area contributed by atoms with Crippen LogP contribution in [-0.2, 0) is 11.3 Å². The minimum absolute atomic E-state index is 0.0801. The van der Waals surface area contributed by atoms with E-state index in [1.165, 1.54) is 12.4 Å². The van der Waals surface area contributed by atoms with Crippen molar-refractivity contribution in [3.63, 3.8) is 0 Å². The second-order valence-corrected chi connectivity index (χ2v) is 4.25. The molecule has 6 heteroatoms. The number of carbonyl (C=O) groups excluding carboxylic acids is 1. The fourth-order valence-electron chi connectivity index (χ4n) is 1.24. The van der Waals surface area contributed by atoms with Crippen LogP contribution >= 0.6 is 23.2 Å². The predicted octanol–water partition coefficient (Wildman–Crippen LogP) is 3.14. The topological polar surface area (TPSA) is 52.1 Å². The Bertz CT molecular complexity index is 558. The second-order valence-electron chi connectivity index (χ2n) is 3.43. The lowest BCUT2D eigenvalue weighted by atomic mass is 10.2. The van der Waals surface area contributed by atoms with Gasteiger partial charge in [0.05, 0.1) is 12.4 Å². The second kappa shape index (κ2) is 5.80. The summed E-state index contributed by atoms with van der Waals surface area (Å²) in [6, 6.07) is 7.01. The molecule has 0 radical (unpaired) electrons. The number of aromatic nitrogens is 2. The first-order chi connectivity index (χ1) is 8.65. The van der Waals surface area contributed by atoms with Gasteiger partial charge in [-0.2, -0.15) is 0 Å². The van der Waals surface area contributed by atoms with Gasteiger partial charge in [-0.15, -0.1) is 0 Å². The fraction of sp³-hybridized carbons (Fsp3) is 0.0833. The van der Waals surface area contributed by atoms with Gasteiger partial charge < -0.3 is 4.74 Å². The molecule has 0 saturated heterocycles. The SMILES string of the molecule is O=C(OCc1ccc(Cl)cc1)c1cncc(Cl)n1. The number of benzene rings is 1. The van der Waals surface area contributed by atoms with Gasteiger partial charge in [0.1, 0.15) is 11.8 Å². The van der Waals surface area contributed by atoms with Crippen LogP contribution in [0.2, 0.25) is 10.2 Å². The Kier molecular flexibility index (Phi) is 4.12. The van der Waals surface area contributed by atoms with Gasteiger partial charge in [0.25, 0.3) is 0 Å². The normalized spacial score (nSPS) is 10.1. The molecule has 18 heavy (non-hydrogen) atoms. The van der Waals surface area contributed by atoms with Crippen LogP contribution < -0.4 is 0 Å². The van der Waals surface area contributed by atoms with Crippen molar-refractivity contribution in [3.8, 4) is 0 Å². The lowest BCUT2D eigenvalue weighted by molar-refractivity contribution is 0.0465. The van der Waals surface area contributed by atoms with Crippen LogP contribution in [0.25, 0.3) is 0 Å². The zero-order valence-electron chi connectivity index (χ0n) is 9.14. The molecular formula is C12H8Cl2N2O2. The molecule has 0 unspecified atom stereocenters. The van der Waals surface area contributed by atoms with Crippen LogP contribution in [-0.4, -0.2) is 15.9 Å². The van der Waals surface area contributed by atoms with E-state index in [0.717, 1.165) is 5.56 Å². The summed E-state index contributed by atoms with van der Waals surface area (Å²) in [5.74, 6) is -0.569. The molecule has 2 rings (SSSR count). The minimum Gasteiger partial charge on any atom is -0.456 e. The molecule has 92 valence electrons. The molecule has 0 fully saturated rings. The molecule has 0 saturated carbocycles. The highest BCUT2D eigenvalue weighted by atomic mass is 35.5. The number of ether oxygens (including phenoxy) is 1. The van der Waals surface area contributed by atoms with E-state index in [1.54, 1.807) is 24.3 Å². The molecule has 1 aromatic heterocycles. The average molecular weight is 283 g/mol. The lowest BCUT2D eigenvalue weighted by Crippen LogP contribution is -2.08. The van der Waals surface area contributed by atoms with Crippen molar-refractivity contribution in [2.45, 2.75) is 6.61 Å². The van der Waals surface area contributed by atoms with Crippen molar-refractivity contribution in [2.24, 2.45) is 0 Å². The van der Waals surface area contributed by atoms with E-state index in [1.807, 2.05) is 0 Å². The minimum atomic E-state index is -0.569. The van der Waals surface area contributed by atoms with E-state index in [4.69, 9.17) is 27.9 Å². The maximum atomic E-state index is 11.6. The summed E-state index contributed by atoms with van der Waals surface area (Å²) in [5, 5.41) is 0.779. The van der Waals surface area contributed by atoms with Gasteiger partial charge in [0, 0.05) is 5.02 Å². The number of esters is 1. The van der Waals surface area contributed by atoms with E-state index >= 15 is 0 Å². The highest BCUT2D eigenvalue weighted by molar-refractivity contribution is 6.30. The van der Waals surface area contributed by atoms with Crippen molar-refractivity contribution < 1.29 is 9.53 Å². The standard InChI is InChI=1S/C12H8Cl2N2O2/c13-9-3-1-8(2-4-9)7-18-12(17)10-5-15-6-11(14)16-10/h1-6H,7H2. The molecule has 0 aliphatic rings. The number of nitrogens with zero attached hydrogens (tertiary/aromatic N) is 2. The summed E-state index contributed by atoms with van der Waals surface area (Å²) in [4.78, 5) is 19.2. The zero-order chi connectivity index (χ0) is 13.0. The molecule has 0 spiro atoms. The maximum absolute atomic E-state index is 11.6. The number of halogens is 2. The third-order valence-electron chi connectivity index (χ3n) is 2.10. The molecular weight excluding hydrogens is 275 g/mol. The monoisotopic (exact) mass is 282 g/mol. The van der Waals surface area contributed by atoms with Crippen molar-refractivity contribution >= 4 is 29.2 Å². The number of hydrogen-bond acceptors (Lipinski definition) is 4. The average Bonchev–Trinajstić information content (AvgIpc) is 2.38. The van der Waals surface area contributed by atoms with Gasteiger partial charge in [0.2, 0.25) is 0 Å². The van der Waals surface area contributed by atoms with Crippen molar-refractivity contribution in [3.05, 3.63) is 58.1 Å². The first kappa shape index (κ1) is 12.8. The number of rotatable bonds is 3. The third kappa shape index (κ3) is 3.42. The summed E-state index contributed by atoms with van der Waals surface area (Å²) >= 11 is 11.4. The van der Waals surface area contributed by atoms with Gasteiger partial charge >= 0.3 is 5.97 Å². The summed E-state index contributed by atoms with van der Waals surface area (Å²) < 4.78 is 5.07. The van der Waals surface area contributed by atoms with Crippen LogP contribution in [0.4, 0.5) is 0 Å². The summed E-state index contributed by atoms with van der Waals surface area (Å²) in [5.41, 5.74) is 0.916. The third-order valence-corrected chi connectivity index (χ3v) is 2.53. The largest absolute Gasteiger partial charge is 0.456 e. The Labute approximate surface area is 114 Å². The highest BCUT2D eigenvalue weighted by Crippen LogP contribution is 2.11. The molecule has 0 aliphatic heterocycles. The summed E-state index contributed by atoms with van der Waals surface area (Å²) in [6.45, 7) is 0.143. The lowest BCUT2D eigenvalue weighted by Gasteiger charge is -2.04. The Morgan fingerprint density at radius 3 is 2.56 bits per heavy atom. The van der Waals surface area contributed by atoms with Crippen LogP contribution in [0, 0.1) is 0 Å². The quantitative estimate of drug-likeness (QED) is 0.812. The van der Waals surface area contributed by atoms with Crippen molar-refractivity contribution in [2.75, 3.05) is 0 Å². The highest BCUT2D eigenvalue weighted by Gasteiger charge is 2.10. The molecule has 0 N–H and O–H groups in total. The smallest absolute Gasteiger partial charge is 0.358 e. The molecule has 0 amide bonds. The van der Waals surface area contributed by atoms with Gasteiger partial charge in [-0.1, -0.05) is 35.3 Å². The van der Waals surface area contributed by atoms with Gasteiger partial charge in [-0.05, 0) is 17.7 Å². The Balaban J connectivity index is 1.98. The first-order valence-electron chi connectivity index (χ1n) is 5.04. The molecule has 0 bridgehead atoms. The number of carbonyl (C=O) groups is 1. The van der Waals surface area contributed by atoms with E-state index in [9.17, 15) is 4.79 Å². The Hall–Kier alpha value is -1.65. The Morgan fingerprint density at radius 1 is 1.17 bits per heavy atom. The van der Waals surface area contributed by atoms with Gasteiger partial charge in [0.15, 0.2) is 5.69 Å². The van der Waals surface area contributed by atoms with Gasteiger partial charge in [-0.3, -0.25) is 4.98 Å².